The largest absolute Gasteiger partial charge is 0.488 e. The lowest BCUT2D eigenvalue weighted by Gasteiger charge is -2.18. The highest BCUT2D eigenvalue weighted by atomic mass is 35.5. The molecule has 3 aromatic carbocycles. The highest BCUT2D eigenvalue weighted by Crippen LogP contribution is 2.21. The Balaban J connectivity index is 1.39. The van der Waals surface area contributed by atoms with E-state index in [-0.39, 0.29) is 12.0 Å². The summed E-state index contributed by atoms with van der Waals surface area (Å²) in [6, 6.07) is 22.8. The van der Waals surface area contributed by atoms with E-state index < -0.39 is 0 Å². The summed E-state index contributed by atoms with van der Waals surface area (Å²) in [6.45, 7) is 3.13. The van der Waals surface area contributed by atoms with Crippen molar-refractivity contribution in [2.24, 2.45) is 0 Å². The van der Waals surface area contributed by atoms with Gasteiger partial charge in [0.1, 0.15) is 12.4 Å². The average molecular weight is 451 g/mol. The molecule has 4 rings (SSSR count). The van der Waals surface area contributed by atoms with Gasteiger partial charge in [0.2, 0.25) is 0 Å². The Labute approximate surface area is 193 Å². The number of halogens is 1. The van der Waals surface area contributed by atoms with Crippen LogP contribution < -0.4 is 10.1 Å². The maximum absolute atomic E-state index is 12.9. The SMILES string of the molecule is O=C(NCc1ccccc1CN1CCC(O)C1)c1ccccc1OCc1ccc(Cl)cc1. The van der Waals surface area contributed by atoms with Gasteiger partial charge in [-0.3, -0.25) is 9.69 Å². The Morgan fingerprint density at radius 1 is 1.03 bits per heavy atom. The van der Waals surface area contributed by atoms with E-state index in [1.54, 1.807) is 12.1 Å². The van der Waals surface area contributed by atoms with E-state index in [1.807, 2.05) is 54.6 Å². The summed E-state index contributed by atoms with van der Waals surface area (Å²) in [5.41, 5.74) is 3.71. The van der Waals surface area contributed by atoms with Crippen LogP contribution >= 0.6 is 11.6 Å². The molecular formula is C26H27ClN2O3. The summed E-state index contributed by atoms with van der Waals surface area (Å²) in [7, 11) is 0. The third-order valence-corrected chi connectivity index (χ3v) is 5.89. The molecule has 166 valence electrons. The number of rotatable bonds is 8. The van der Waals surface area contributed by atoms with Gasteiger partial charge in [-0.2, -0.15) is 0 Å². The number of carbonyl (C=O) groups excluding carboxylic acids is 1. The van der Waals surface area contributed by atoms with Gasteiger partial charge in [0.25, 0.3) is 5.91 Å². The number of aliphatic hydroxyl groups is 1. The zero-order valence-electron chi connectivity index (χ0n) is 17.8. The minimum Gasteiger partial charge on any atom is -0.488 e. The molecule has 0 aliphatic carbocycles. The zero-order valence-corrected chi connectivity index (χ0v) is 18.6. The molecule has 32 heavy (non-hydrogen) atoms. The summed E-state index contributed by atoms with van der Waals surface area (Å²) >= 11 is 5.94. The van der Waals surface area contributed by atoms with Gasteiger partial charge >= 0.3 is 0 Å². The molecule has 1 aliphatic rings. The van der Waals surface area contributed by atoms with E-state index in [2.05, 4.69) is 16.3 Å². The van der Waals surface area contributed by atoms with Crippen LogP contribution in [0, 0.1) is 0 Å². The lowest BCUT2D eigenvalue weighted by molar-refractivity contribution is 0.0946. The summed E-state index contributed by atoms with van der Waals surface area (Å²) in [5, 5.41) is 13.5. The number of amides is 1. The number of nitrogens with zero attached hydrogens (tertiary/aromatic N) is 1. The van der Waals surface area contributed by atoms with E-state index in [1.165, 1.54) is 0 Å². The fourth-order valence-electron chi connectivity index (χ4n) is 3.87. The lowest BCUT2D eigenvalue weighted by atomic mass is 10.1. The van der Waals surface area contributed by atoms with Gasteiger partial charge in [-0.1, -0.05) is 60.1 Å². The number of para-hydroxylation sites is 1. The number of hydrogen-bond acceptors (Lipinski definition) is 4. The van der Waals surface area contributed by atoms with Crippen molar-refractivity contribution in [3.8, 4) is 5.75 Å². The molecule has 1 aliphatic heterocycles. The van der Waals surface area contributed by atoms with Gasteiger partial charge in [0.15, 0.2) is 0 Å². The highest BCUT2D eigenvalue weighted by molar-refractivity contribution is 6.30. The maximum atomic E-state index is 12.9. The molecule has 2 N–H and O–H groups in total. The molecule has 5 nitrogen and oxygen atoms in total. The van der Waals surface area contributed by atoms with Gasteiger partial charge in [-0.25, -0.2) is 0 Å². The first-order valence-corrected chi connectivity index (χ1v) is 11.2. The first-order chi connectivity index (χ1) is 15.6. The van der Waals surface area contributed by atoms with E-state index in [4.69, 9.17) is 16.3 Å². The predicted octanol–water partition coefficient (Wildman–Crippen LogP) is 4.42. The molecule has 0 aromatic heterocycles. The van der Waals surface area contributed by atoms with Gasteiger partial charge in [0.05, 0.1) is 11.7 Å². The molecule has 0 bridgehead atoms. The number of aliphatic hydroxyl groups excluding tert-OH is 1. The van der Waals surface area contributed by atoms with Crippen molar-refractivity contribution in [3.05, 3.63) is 100 Å². The van der Waals surface area contributed by atoms with Crippen LogP contribution in [0.15, 0.2) is 72.8 Å². The second kappa shape index (κ2) is 10.6. The molecule has 0 spiro atoms. The zero-order chi connectivity index (χ0) is 22.3. The van der Waals surface area contributed by atoms with Crippen LogP contribution in [0.25, 0.3) is 0 Å². The lowest BCUT2D eigenvalue weighted by Crippen LogP contribution is -2.26. The molecule has 1 fully saturated rings. The Morgan fingerprint density at radius 3 is 2.50 bits per heavy atom. The van der Waals surface area contributed by atoms with Crippen LogP contribution in [0.4, 0.5) is 0 Å². The molecule has 6 heteroatoms. The third-order valence-electron chi connectivity index (χ3n) is 5.64. The van der Waals surface area contributed by atoms with Crippen molar-refractivity contribution in [3.63, 3.8) is 0 Å². The molecule has 3 aromatic rings. The molecule has 1 unspecified atom stereocenters. The van der Waals surface area contributed by atoms with Crippen molar-refractivity contribution in [2.45, 2.75) is 32.2 Å². The predicted molar refractivity (Wildman–Crippen MR) is 126 cm³/mol. The Kier molecular flexibility index (Phi) is 7.43. The topological polar surface area (TPSA) is 61.8 Å². The van der Waals surface area contributed by atoms with Gasteiger partial charge in [-0.15, -0.1) is 0 Å². The van der Waals surface area contributed by atoms with Gasteiger partial charge in [0, 0.05) is 31.2 Å². The van der Waals surface area contributed by atoms with Crippen LogP contribution in [-0.4, -0.2) is 35.1 Å². The van der Waals surface area contributed by atoms with Gasteiger partial charge in [-0.05, 0) is 47.4 Å². The first-order valence-electron chi connectivity index (χ1n) is 10.8. The Morgan fingerprint density at radius 2 is 1.75 bits per heavy atom. The average Bonchev–Trinajstić information content (AvgIpc) is 3.22. The molecule has 1 heterocycles. The number of carbonyl (C=O) groups is 1. The summed E-state index contributed by atoms with van der Waals surface area (Å²) in [5.74, 6) is 0.363. The van der Waals surface area contributed by atoms with E-state index in [9.17, 15) is 9.90 Å². The summed E-state index contributed by atoms with van der Waals surface area (Å²) < 4.78 is 5.92. The molecule has 0 saturated carbocycles. The molecule has 1 amide bonds. The number of benzene rings is 3. The minimum absolute atomic E-state index is 0.178. The number of ether oxygens (including phenoxy) is 1. The van der Waals surface area contributed by atoms with E-state index in [0.717, 1.165) is 36.2 Å². The quantitative estimate of drug-likeness (QED) is 0.533. The van der Waals surface area contributed by atoms with E-state index in [0.29, 0.717) is 36.0 Å². The van der Waals surface area contributed by atoms with Crippen molar-refractivity contribution >= 4 is 17.5 Å². The summed E-state index contributed by atoms with van der Waals surface area (Å²) in [4.78, 5) is 15.2. The molecular weight excluding hydrogens is 424 g/mol. The first kappa shape index (κ1) is 22.3. The Hall–Kier alpha value is -2.86. The number of β-amino-alcohol motifs (C(OH)–C–C–N with tert-alkyl or cyclic N) is 1. The molecule has 0 radical (unpaired) electrons. The Bertz CT molecular complexity index is 1050. The minimum atomic E-state index is -0.244. The number of likely N-dealkylation sites (tertiary alicyclic amines) is 1. The van der Waals surface area contributed by atoms with Crippen molar-refractivity contribution in [1.29, 1.82) is 0 Å². The smallest absolute Gasteiger partial charge is 0.255 e. The van der Waals surface area contributed by atoms with E-state index >= 15 is 0 Å². The maximum Gasteiger partial charge on any atom is 0.255 e. The second-order valence-electron chi connectivity index (χ2n) is 8.04. The van der Waals surface area contributed by atoms with Crippen molar-refractivity contribution in [1.82, 2.24) is 10.2 Å². The number of nitrogens with one attached hydrogen (secondary N) is 1. The highest BCUT2D eigenvalue weighted by Gasteiger charge is 2.21. The van der Waals surface area contributed by atoms with Gasteiger partial charge < -0.3 is 15.2 Å². The number of hydrogen-bond donors (Lipinski definition) is 2. The molecule has 1 saturated heterocycles. The van der Waals surface area contributed by atoms with Crippen LogP contribution in [0.3, 0.4) is 0 Å². The fourth-order valence-corrected chi connectivity index (χ4v) is 4.00. The van der Waals surface area contributed by atoms with Crippen molar-refractivity contribution in [2.75, 3.05) is 13.1 Å². The van der Waals surface area contributed by atoms with Crippen LogP contribution in [0.1, 0.15) is 33.5 Å². The standard InChI is InChI=1S/C26H27ClN2O3/c27-22-11-9-19(10-12-22)18-32-25-8-4-3-7-24(25)26(31)28-15-20-5-1-2-6-21(20)16-29-14-13-23(30)17-29/h1-12,23,30H,13-18H2,(H,28,31). The normalized spacial score (nSPS) is 16.1. The van der Waals surface area contributed by atoms with Crippen LogP contribution in [-0.2, 0) is 19.7 Å². The summed E-state index contributed by atoms with van der Waals surface area (Å²) in [6.07, 6.45) is 0.567. The molecule has 1 atom stereocenters. The fraction of sp³-hybridized carbons (Fsp3) is 0.269. The van der Waals surface area contributed by atoms with Crippen LogP contribution in [0.5, 0.6) is 5.75 Å². The second-order valence-corrected chi connectivity index (χ2v) is 8.48. The van der Waals surface area contributed by atoms with Crippen molar-refractivity contribution < 1.29 is 14.6 Å². The monoisotopic (exact) mass is 450 g/mol. The third kappa shape index (κ3) is 5.88. The van der Waals surface area contributed by atoms with Crippen LogP contribution in [0.2, 0.25) is 5.02 Å².